The molecule has 20 heavy (non-hydrogen) atoms. The van der Waals surface area contributed by atoms with E-state index in [1.165, 1.54) is 5.69 Å². The molecule has 1 saturated heterocycles. The van der Waals surface area contributed by atoms with Gasteiger partial charge in [0.25, 0.3) is 0 Å². The van der Waals surface area contributed by atoms with Crippen molar-refractivity contribution in [1.29, 1.82) is 0 Å². The molecule has 1 aliphatic heterocycles. The molecule has 5 heteroatoms. The molecule has 1 aliphatic rings. The van der Waals surface area contributed by atoms with Crippen molar-refractivity contribution >= 4 is 5.91 Å². The Bertz CT molecular complexity index is 446. The van der Waals surface area contributed by atoms with E-state index in [1.54, 1.807) is 0 Å². The van der Waals surface area contributed by atoms with E-state index in [1.807, 2.05) is 26.4 Å². The molecule has 0 bridgehead atoms. The van der Waals surface area contributed by atoms with E-state index in [9.17, 15) is 4.79 Å². The quantitative estimate of drug-likeness (QED) is 0.857. The number of hydrogen-bond acceptors (Lipinski definition) is 3. The second-order valence-electron chi connectivity index (χ2n) is 6.26. The van der Waals surface area contributed by atoms with Crippen molar-refractivity contribution in [3.05, 3.63) is 18.2 Å². The van der Waals surface area contributed by atoms with Crippen LogP contribution in [0.5, 0.6) is 0 Å². The number of imidazole rings is 1. The van der Waals surface area contributed by atoms with Crippen molar-refractivity contribution in [1.82, 2.24) is 20.2 Å². The van der Waals surface area contributed by atoms with Gasteiger partial charge in [-0.15, -0.1) is 0 Å². The van der Waals surface area contributed by atoms with E-state index < -0.39 is 0 Å². The van der Waals surface area contributed by atoms with Gasteiger partial charge in [-0.3, -0.25) is 4.79 Å². The number of amides is 1. The summed E-state index contributed by atoms with van der Waals surface area (Å²) in [6, 6.07) is 0.201. The molecule has 1 aromatic rings. The van der Waals surface area contributed by atoms with Gasteiger partial charge in [0.1, 0.15) is 0 Å². The summed E-state index contributed by atoms with van der Waals surface area (Å²) < 4.78 is 2.14. The van der Waals surface area contributed by atoms with Gasteiger partial charge in [0, 0.05) is 36.3 Å². The van der Waals surface area contributed by atoms with E-state index in [-0.39, 0.29) is 17.4 Å². The van der Waals surface area contributed by atoms with E-state index in [0.29, 0.717) is 13.0 Å². The van der Waals surface area contributed by atoms with Gasteiger partial charge in [-0.2, -0.15) is 0 Å². The average Bonchev–Trinajstić information content (AvgIpc) is 2.85. The van der Waals surface area contributed by atoms with Crippen LogP contribution in [-0.2, 0) is 16.8 Å². The van der Waals surface area contributed by atoms with Gasteiger partial charge in [-0.05, 0) is 39.8 Å². The standard InChI is InChI=1S/C15H26N4O/c1-12(2)18-14(20)4-9-19-11-17-10-13(19)15(3)5-7-16-8-6-15/h10-12,16H,4-9H2,1-3H3,(H,18,20). The van der Waals surface area contributed by atoms with Crippen LogP contribution in [0, 0.1) is 0 Å². The molecule has 5 nitrogen and oxygen atoms in total. The summed E-state index contributed by atoms with van der Waals surface area (Å²) in [5.74, 6) is 0.107. The van der Waals surface area contributed by atoms with Gasteiger partial charge in [0.15, 0.2) is 0 Å². The third-order valence-electron chi connectivity index (χ3n) is 4.07. The topological polar surface area (TPSA) is 59.0 Å². The molecule has 2 rings (SSSR count). The number of rotatable bonds is 5. The molecular formula is C15H26N4O. The lowest BCUT2D eigenvalue weighted by molar-refractivity contribution is -0.121. The first-order valence-corrected chi connectivity index (χ1v) is 7.52. The number of aryl methyl sites for hydroxylation is 1. The molecule has 0 atom stereocenters. The van der Waals surface area contributed by atoms with Crippen LogP contribution in [0.4, 0.5) is 0 Å². The fourth-order valence-corrected chi connectivity index (χ4v) is 2.85. The first-order chi connectivity index (χ1) is 9.51. The lowest BCUT2D eigenvalue weighted by Crippen LogP contribution is -2.39. The molecule has 0 aromatic carbocycles. The lowest BCUT2D eigenvalue weighted by atomic mass is 9.78. The predicted molar refractivity (Wildman–Crippen MR) is 79.6 cm³/mol. The van der Waals surface area contributed by atoms with Crippen LogP contribution >= 0.6 is 0 Å². The van der Waals surface area contributed by atoms with E-state index in [4.69, 9.17) is 0 Å². The van der Waals surface area contributed by atoms with Crippen LogP contribution < -0.4 is 10.6 Å². The molecule has 1 amide bonds. The Kier molecular flexibility index (Phi) is 4.81. The predicted octanol–water partition coefficient (Wildman–Crippen LogP) is 1.44. The number of aromatic nitrogens is 2. The third-order valence-corrected chi connectivity index (χ3v) is 4.07. The molecule has 0 unspecified atom stereocenters. The summed E-state index contributed by atoms with van der Waals surface area (Å²) in [5.41, 5.74) is 1.44. The van der Waals surface area contributed by atoms with Crippen molar-refractivity contribution in [2.75, 3.05) is 13.1 Å². The maximum atomic E-state index is 11.8. The SMILES string of the molecule is CC(C)NC(=O)CCn1cncc1C1(C)CCNCC1. The summed E-state index contributed by atoms with van der Waals surface area (Å²) in [5, 5.41) is 6.33. The van der Waals surface area contributed by atoms with Crippen molar-refractivity contribution < 1.29 is 4.79 Å². The first kappa shape index (κ1) is 15.0. The zero-order valence-electron chi connectivity index (χ0n) is 12.8. The molecule has 2 N–H and O–H groups in total. The lowest BCUT2D eigenvalue weighted by Gasteiger charge is -2.34. The minimum atomic E-state index is 0.107. The van der Waals surface area contributed by atoms with Gasteiger partial charge in [-0.1, -0.05) is 6.92 Å². The van der Waals surface area contributed by atoms with E-state index in [0.717, 1.165) is 25.9 Å². The fourth-order valence-electron chi connectivity index (χ4n) is 2.85. The second kappa shape index (κ2) is 6.39. The Labute approximate surface area is 121 Å². The van der Waals surface area contributed by atoms with Crippen LogP contribution in [-0.4, -0.2) is 34.6 Å². The Morgan fingerprint density at radius 3 is 2.85 bits per heavy atom. The first-order valence-electron chi connectivity index (χ1n) is 7.52. The minimum absolute atomic E-state index is 0.107. The number of carbonyl (C=O) groups is 1. The van der Waals surface area contributed by atoms with Crippen LogP contribution in [0.15, 0.2) is 12.5 Å². The maximum Gasteiger partial charge on any atom is 0.221 e. The van der Waals surface area contributed by atoms with Crippen LogP contribution in [0.1, 0.15) is 45.7 Å². The summed E-state index contributed by atoms with van der Waals surface area (Å²) in [6.07, 6.45) is 6.57. The molecule has 0 radical (unpaired) electrons. The molecule has 1 aromatic heterocycles. The molecular weight excluding hydrogens is 252 g/mol. The van der Waals surface area contributed by atoms with E-state index in [2.05, 4.69) is 27.1 Å². The van der Waals surface area contributed by atoms with Crippen molar-refractivity contribution in [2.24, 2.45) is 0 Å². The van der Waals surface area contributed by atoms with Gasteiger partial charge >= 0.3 is 0 Å². The normalized spacial score (nSPS) is 18.2. The van der Waals surface area contributed by atoms with Crippen LogP contribution in [0.25, 0.3) is 0 Å². The Morgan fingerprint density at radius 2 is 2.20 bits per heavy atom. The Balaban J connectivity index is 2.00. The average molecular weight is 278 g/mol. The number of piperidine rings is 1. The number of hydrogen-bond donors (Lipinski definition) is 2. The Morgan fingerprint density at radius 1 is 1.50 bits per heavy atom. The van der Waals surface area contributed by atoms with E-state index >= 15 is 0 Å². The second-order valence-corrected chi connectivity index (χ2v) is 6.26. The highest BCUT2D eigenvalue weighted by Gasteiger charge is 2.31. The van der Waals surface area contributed by atoms with Crippen molar-refractivity contribution in [3.8, 4) is 0 Å². The van der Waals surface area contributed by atoms with Gasteiger partial charge in [0.2, 0.25) is 5.91 Å². The highest BCUT2D eigenvalue weighted by molar-refractivity contribution is 5.76. The molecule has 112 valence electrons. The summed E-state index contributed by atoms with van der Waals surface area (Å²) in [4.78, 5) is 16.1. The molecule has 0 saturated carbocycles. The largest absolute Gasteiger partial charge is 0.354 e. The smallest absolute Gasteiger partial charge is 0.221 e. The molecule has 2 heterocycles. The summed E-state index contributed by atoms with van der Waals surface area (Å²) >= 11 is 0. The van der Waals surface area contributed by atoms with Crippen molar-refractivity contribution in [3.63, 3.8) is 0 Å². The van der Waals surface area contributed by atoms with Gasteiger partial charge in [0.05, 0.1) is 6.33 Å². The maximum absolute atomic E-state index is 11.8. The van der Waals surface area contributed by atoms with Crippen LogP contribution in [0.2, 0.25) is 0 Å². The monoisotopic (exact) mass is 278 g/mol. The van der Waals surface area contributed by atoms with Crippen LogP contribution in [0.3, 0.4) is 0 Å². The van der Waals surface area contributed by atoms with Crippen molar-refractivity contribution in [2.45, 2.75) is 58.0 Å². The molecule has 0 aliphatic carbocycles. The minimum Gasteiger partial charge on any atom is -0.354 e. The highest BCUT2D eigenvalue weighted by Crippen LogP contribution is 2.32. The molecule has 1 fully saturated rings. The number of carbonyl (C=O) groups excluding carboxylic acids is 1. The highest BCUT2D eigenvalue weighted by atomic mass is 16.1. The summed E-state index contributed by atoms with van der Waals surface area (Å²) in [6.45, 7) is 9.07. The Hall–Kier alpha value is -1.36. The summed E-state index contributed by atoms with van der Waals surface area (Å²) in [7, 11) is 0. The molecule has 0 spiro atoms. The number of nitrogens with zero attached hydrogens (tertiary/aromatic N) is 2. The zero-order chi connectivity index (χ0) is 14.6. The van der Waals surface area contributed by atoms with Gasteiger partial charge in [-0.25, -0.2) is 4.98 Å². The zero-order valence-corrected chi connectivity index (χ0v) is 12.8. The fraction of sp³-hybridized carbons (Fsp3) is 0.733. The number of nitrogens with one attached hydrogen (secondary N) is 2. The van der Waals surface area contributed by atoms with Gasteiger partial charge < -0.3 is 15.2 Å². The third kappa shape index (κ3) is 3.60.